The fourth-order valence-corrected chi connectivity index (χ4v) is 3.25. The molecule has 2 heteroatoms. The van der Waals surface area contributed by atoms with Crippen LogP contribution in [0.5, 0.6) is 0 Å². The molecular weight excluding hydrogens is 206 g/mol. The highest BCUT2D eigenvalue weighted by atomic mass is 35.5. The molecule has 80 valence electrons. The number of aromatic nitrogens is 1. The lowest BCUT2D eigenvalue weighted by molar-refractivity contribution is 0.627. The van der Waals surface area contributed by atoms with Crippen molar-refractivity contribution < 1.29 is 0 Å². The van der Waals surface area contributed by atoms with Crippen LogP contribution in [-0.4, -0.2) is 4.98 Å². The first kappa shape index (κ1) is 9.65. The van der Waals surface area contributed by atoms with Gasteiger partial charge in [-0.25, -0.2) is 0 Å². The zero-order valence-electron chi connectivity index (χ0n) is 8.98. The summed E-state index contributed by atoms with van der Waals surface area (Å²) in [6.45, 7) is 0. The largest absolute Gasteiger partial charge is 0.257 e. The highest BCUT2D eigenvalue weighted by Crippen LogP contribution is 2.34. The maximum absolute atomic E-state index is 6.50. The number of nitrogens with zero attached hydrogens (tertiary/aromatic N) is 1. The van der Waals surface area contributed by atoms with E-state index in [1.807, 2.05) is 0 Å². The van der Waals surface area contributed by atoms with E-state index in [2.05, 4.69) is 0 Å². The second kappa shape index (κ2) is 3.79. The van der Waals surface area contributed by atoms with Crippen LogP contribution in [-0.2, 0) is 25.7 Å². The summed E-state index contributed by atoms with van der Waals surface area (Å²) in [5, 5.41) is 1.06. The van der Waals surface area contributed by atoms with Crippen LogP contribution in [0.2, 0.25) is 5.02 Å². The lowest BCUT2D eigenvalue weighted by Gasteiger charge is -2.23. The molecule has 1 aromatic heterocycles. The molecule has 0 aromatic carbocycles. The van der Waals surface area contributed by atoms with Crippen molar-refractivity contribution in [2.24, 2.45) is 0 Å². The highest BCUT2D eigenvalue weighted by molar-refractivity contribution is 6.32. The average Bonchev–Trinajstić information content (AvgIpc) is 2.30. The average molecular weight is 222 g/mol. The van der Waals surface area contributed by atoms with Gasteiger partial charge in [-0.3, -0.25) is 4.98 Å². The van der Waals surface area contributed by atoms with Crippen molar-refractivity contribution in [1.82, 2.24) is 4.98 Å². The summed E-state index contributed by atoms with van der Waals surface area (Å²) in [7, 11) is 0. The Balaban J connectivity index is 2.16. The van der Waals surface area contributed by atoms with Gasteiger partial charge in [-0.15, -0.1) is 0 Å². The smallest absolute Gasteiger partial charge is 0.0506 e. The Hall–Kier alpha value is -0.560. The molecule has 0 N–H and O–H groups in total. The van der Waals surface area contributed by atoms with Crippen LogP contribution in [0, 0.1) is 0 Å². The van der Waals surface area contributed by atoms with Crippen molar-refractivity contribution in [1.29, 1.82) is 0 Å². The van der Waals surface area contributed by atoms with Gasteiger partial charge in [0, 0.05) is 11.4 Å². The Morgan fingerprint density at radius 1 is 0.733 bits per heavy atom. The van der Waals surface area contributed by atoms with Gasteiger partial charge in [-0.1, -0.05) is 11.6 Å². The Morgan fingerprint density at radius 3 is 1.73 bits per heavy atom. The summed E-state index contributed by atoms with van der Waals surface area (Å²) in [5.74, 6) is 0. The molecule has 0 atom stereocenters. The molecule has 0 fully saturated rings. The van der Waals surface area contributed by atoms with Crippen LogP contribution < -0.4 is 0 Å². The number of fused-ring (bicyclic) bond motifs is 2. The van der Waals surface area contributed by atoms with Crippen LogP contribution >= 0.6 is 11.6 Å². The summed E-state index contributed by atoms with van der Waals surface area (Å²) in [5.41, 5.74) is 5.32. The van der Waals surface area contributed by atoms with E-state index in [4.69, 9.17) is 16.6 Å². The first-order valence-electron chi connectivity index (χ1n) is 6.05. The lowest BCUT2D eigenvalue weighted by Crippen LogP contribution is -2.14. The minimum Gasteiger partial charge on any atom is -0.257 e. The molecule has 2 aliphatic carbocycles. The van der Waals surface area contributed by atoms with Crippen molar-refractivity contribution in [3.63, 3.8) is 0 Å². The van der Waals surface area contributed by atoms with Crippen molar-refractivity contribution in [2.45, 2.75) is 51.4 Å². The molecule has 0 aliphatic heterocycles. The van der Waals surface area contributed by atoms with Gasteiger partial charge in [0.25, 0.3) is 0 Å². The van der Waals surface area contributed by atoms with Gasteiger partial charge in [-0.2, -0.15) is 0 Å². The molecule has 0 unspecified atom stereocenters. The fraction of sp³-hybridized carbons (Fsp3) is 0.615. The molecule has 15 heavy (non-hydrogen) atoms. The zero-order valence-corrected chi connectivity index (χ0v) is 9.74. The fourth-order valence-electron chi connectivity index (χ4n) is 2.84. The van der Waals surface area contributed by atoms with E-state index in [-0.39, 0.29) is 0 Å². The third-order valence-electron chi connectivity index (χ3n) is 3.68. The number of hydrogen-bond donors (Lipinski definition) is 0. The number of pyridine rings is 1. The minimum atomic E-state index is 1.06. The van der Waals surface area contributed by atoms with Crippen molar-refractivity contribution >= 4 is 11.6 Å². The van der Waals surface area contributed by atoms with E-state index in [0.29, 0.717) is 0 Å². The van der Waals surface area contributed by atoms with Gasteiger partial charge in [0.2, 0.25) is 0 Å². The Morgan fingerprint density at radius 2 is 1.20 bits per heavy atom. The third-order valence-corrected chi connectivity index (χ3v) is 4.13. The van der Waals surface area contributed by atoms with Crippen LogP contribution in [0.25, 0.3) is 0 Å². The molecule has 2 aliphatic rings. The third kappa shape index (κ3) is 1.57. The van der Waals surface area contributed by atoms with E-state index in [1.165, 1.54) is 48.2 Å². The normalized spacial score (nSPS) is 19.5. The van der Waals surface area contributed by atoms with Crippen molar-refractivity contribution in [2.75, 3.05) is 0 Å². The van der Waals surface area contributed by atoms with E-state index >= 15 is 0 Å². The molecule has 0 spiro atoms. The second-order valence-electron chi connectivity index (χ2n) is 4.69. The van der Waals surface area contributed by atoms with Gasteiger partial charge in [-0.05, 0) is 62.5 Å². The predicted molar refractivity (Wildman–Crippen MR) is 62.5 cm³/mol. The van der Waals surface area contributed by atoms with Crippen molar-refractivity contribution in [3.05, 3.63) is 27.5 Å². The zero-order chi connectivity index (χ0) is 10.3. The molecule has 1 aromatic rings. The van der Waals surface area contributed by atoms with Crippen LogP contribution in [0.4, 0.5) is 0 Å². The summed E-state index contributed by atoms with van der Waals surface area (Å²) in [6, 6.07) is 0. The molecule has 1 heterocycles. The molecule has 1 nitrogen and oxygen atoms in total. The number of halogens is 1. The summed E-state index contributed by atoms with van der Waals surface area (Å²) in [4.78, 5) is 4.83. The molecule has 0 saturated carbocycles. The topological polar surface area (TPSA) is 12.9 Å². The van der Waals surface area contributed by atoms with Gasteiger partial charge < -0.3 is 0 Å². The number of aryl methyl sites for hydroxylation is 2. The molecule has 3 rings (SSSR count). The standard InChI is InChI=1S/C13H16ClN/c14-13-9-5-1-3-7-11(9)15-12-8-4-2-6-10(12)13/h1-8H2. The molecule has 0 bridgehead atoms. The Bertz CT molecular complexity index is 364. The maximum Gasteiger partial charge on any atom is 0.0506 e. The van der Waals surface area contributed by atoms with E-state index in [9.17, 15) is 0 Å². The highest BCUT2D eigenvalue weighted by Gasteiger charge is 2.21. The van der Waals surface area contributed by atoms with Crippen LogP contribution in [0.15, 0.2) is 0 Å². The lowest BCUT2D eigenvalue weighted by atomic mass is 9.89. The van der Waals surface area contributed by atoms with Crippen LogP contribution in [0.3, 0.4) is 0 Å². The quantitative estimate of drug-likeness (QED) is 0.654. The van der Waals surface area contributed by atoms with Gasteiger partial charge in [0.1, 0.15) is 0 Å². The predicted octanol–water partition coefficient (Wildman–Crippen LogP) is 3.49. The Kier molecular flexibility index (Phi) is 2.44. The van der Waals surface area contributed by atoms with Crippen LogP contribution in [0.1, 0.15) is 48.2 Å². The molecule has 0 saturated heterocycles. The summed E-state index contributed by atoms with van der Waals surface area (Å²) < 4.78 is 0. The summed E-state index contributed by atoms with van der Waals surface area (Å²) >= 11 is 6.50. The van der Waals surface area contributed by atoms with Gasteiger partial charge in [0.05, 0.1) is 5.02 Å². The first-order chi connectivity index (χ1) is 7.36. The SMILES string of the molecule is Clc1c2c(nc3c1CCCC3)CCCC2. The van der Waals surface area contributed by atoms with E-state index in [0.717, 1.165) is 30.7 Å². The molecular formula is C13H16ClN. The molecule has 0 amide bonds. The van der Waals surface area contributed by atoms with Gasteiger partial charge in [0.15, 0.2) is 0 Å². The minimum absolute atomic E-state index is 1.06. The number of hydrogen-bond acceptors (Lipinski definition) is 1. The van der Waals surface area contributed by atoms with E-state index in [1.54, 1.807) is 0 Å². The maximum atomic E-state index is 6.50. The monoisotopic (exact) mass is 221 g/mol. The summed E-state index contributed by atoms with van der Waals surface area (Å²) in [6.07, 6.45) is 9.72. The molecule has 0 radical (unpaired) electrons. The number of rotatable bonds is 0. The van der Waals surface area contributed by atoms with Gasteiger partial charge >= 0.3 is 0 Å². The van der Waals surface area contributed by atoms with E-state index < -0.39 is 0 Å². The van der Waals surface area contributed by atoms with Crippen molar-refractivity contribution in [3.8, 4) is 0 Å². The Labute approximate surface area is 95.9 Å². The second-order valence-corrected chi connectivity index (χ2v) is 5.07. The first-order valence-corrected chi connectivity index (χ1v) is 6.43.